The second-order valence-electron chi connectivity index (χ2n) is 5.76. The molecule has 0 fully saturated rings. The Balaban J connectivity index is 2.11. The van der Waals surface area contributed by atoms with Gasteiger partial charge in [0.1, 0.15) is 5.82 Å². The van der Waals surface area contributed by atoms with Crippen molar-refractivity contribution in [3.63, 3.8) is 0 Å². The fourth-order valence-electron chi connectivity index (χ4n) is 2.45. The fourth-order valence-corrected chi connectivity index (χ4v) is 2.45. The van der Waals surface area contributed by atoms with Gasteiger partial charge in [-0.15, -0.1) is 0 Å². The lowest BCUT2D eigenvalue weighted by molar-refractivity contribution is 0.102. The molecule has 0 radical (unpaired) electrons. The van der Waals surface area contributed by atoms with Crippen molar-refractivity contribution in [2.75, 3.05) is 25.5 Å². The number of carbonyl (C=O) groups excluding carboxylic acids is 1. The molecule has 2 rings (SSSR count). The number of nitrogens with zero attached hydrogens (tertiary/aromatic N) is 2. The van der Waals surface area contributed by atoms with E-state index in [-0.39, 0.29) is 24.5 Å². The first-order valence-corrected chi connectivity index (χ1v) is 7.88. The van der Waals surface area contributed by atoms with E-state index in [0.717, 1.165) is 5.56 Å². The number of aliphatic hydroxyl groups is 1. The van der Waals surface area contributed by atoms with E-state index in [1.807, 2.05) is 24.1 Å². The number of benzene rings is 2. The summed E-state index contributed by atoms with van der Waals surface area (Å²) in [6.07, 6.45) is -0.0534. The summed E-state index contributed by atoms with van der Waals surface area (Å²) in [5.74, 6) is -0.769. The molecule has 0 aromatic heterocycles. The number of anilines is 1. The standard InChI is InChI=1S/C19H20FN3O2/c1-23(9-10-24)13-14-3-2-4-16(11-14)19(25)22-17-5-6-18(20)15(12-17)7-8-21/h2-6,11-12,24H,7,9-10,13H2,1H3,(H,22,25). The van der Waals surface area contributed by atoms with Crippen molar-refractivity contribution >= 4 is 11.6 Å². The van der Waals surface area contributed by atoms with Gasteiger partial charge in [-0.2, -0.15) is 5.26 Å². The number of nitriles is 1. The molecule has 0 bridgehead atoms. The van der Waals surface area contributed by atoms with Crippen LogP contribution in [0.25, 0.3) is 0 Å². The van der Waals surface area contributed by atoms with Crippen LogP contribution < -0.4 is 5.32 Å². The molecular formula is C19H20FN3O2. The van der Waals surface area contributed by atoms with Gasteiger partial charge in [-0.25, -0.2) is 4.39 Å². The Hall–Kier alpha value is -2.75. The van der Waals surface area contributed by atoms with Crippen LogP contribution in [0.1, 0.15) is 21.5 Å². The third-order valence-corrected chi connectivity index (χ3v) is 3.70. The molecule has 0 aliphatic heterocycles. The van der Waals surface area contributed by atoms with E-state index < -0.39 is 5.82 Å². The van der Waals surface area contributed by atoms with Gasteiger partial charge in [-0.3, -0.25) is 9.69 Å². The molecule has 0 heterocycles. The monoisotopic (exact) mass is 341 g/mol. The second-order valence-corrected chi connectivity index (χ2v) is 5.76. The molecule has 2 aromatic carbocycles. The van der Waals surface area contributed by atoms with Gasteiger partial charge in [0.25, 0.3) is 5.91 Å². The van der Waals surface area contributed by atoms with Gasteiger partial charge in [-0.1, -0.05) is 12.1 Å². The maximum Gasteiger partial charge on any atom is 0.255 e. The molecule has 0 saturated carbocycles. The molecule has 1 amide bonds. The molecular weight excluding hydrogens is 321 g/mol. The first-order valence-electron chi connectivity index (χ1n) is 7.88. The molecule has 2 aromatic rings. The fraction of sp³-hybridized carbons (Fsp3) is 0.263. The molecule has 6 heteroatoms. The first kappa shape index (κ1) is 18.6. The van der Waals surface area contributed by atoms with E-state index in [1.54, 1.807) is 18.2 Å². The molecule has 5 nitrogen and oxygen atoms in total. The molecule has 0 aliphatic rings. The van der Waals surface area contributed by atoms with Crippen molar-refractivity contribution in [2.45, 2.75) is 13.0 Å². The zero-order valence-electron chi connectivity index (χ0n) is 14.0. The highest BCUT2D eigenvalue weighted by Gasteiger charge is 2.10. The van der Waals surface area contributed by atoms with Gasteiger partial charge in [0.2, 0.25) is 0 Å². The number of carbonyl (C=O) groups is 1. The van der Waals surface area contributed by atoms with Crippen LogP contribution in [-0.4, -0.2) is 36.1 Å². The van der Waals surface area contributed by atoms with Crippen molar-refractivity contribution in [1.82, 2.24) is 4.90 Å². The predicted molar refractivity (Wildman–Crippen MR) is 93.5 cm³/mol. The maximum atomic E-state index is 13.6. The normalized spacial score (nSPS) is 10.5. The Labute approximate surface area is 146 Å². The van der Waals surface area contributed by atoms with Gasteiger partial charge in [0.15, 0.2) is 0 Å². The molecule has 25 heavy (non-hydrogen) atoms. The van der Waals surface area contributed by atoms with E-state index in [9.17, 15) is 9.18 Å². The third-order valence-electron chi connectivity index (χ3n) is 3.70. The van der Waals surface area contributed by atoms with Crippen LogP contribution in [0, 0.1) is 17.1 Å². The highest BCUT2D eigenvalue weighted by Crippen LogP contribution is 2.17. The number of amides is 1. The zero-order valence-corrected chi connectivity index (χ0v) is 14.0. The Morgan fingerprint density at radius 3 is 2.84 bits per heavy atom. The smallest absolute Gasteiger partial charge is 0.255 e. The Morgan fingerprint density at radius 2 is 2.12 bits per heavy atom. The summed E-state index contributed by atoms with van der Waals surface area (Å²) in [5, 5.41) is 20.4. The van der Waals surface area contributed by atoms with Crippen molar-refractivity contribution in [3.8, 4) is 6.07 Å². The third kappa shape index (κ3) is 5.38. The lowest BCUT2D eigenvalue weighted by Crippen LogP contribution is -2.21. The summed E-state index contributed by atoms with van der Waals surface area (Å²) in [7, 11) is 1.89. The quantitative estimate of drug-likeness (QED) is 0.811. The van der Waals surface area contributed by atoms with Gasteiger partial charge >= 0.3 is 0 Å². The number of likely N-dealkylation sites (N-methyl/N-ethyl adjacent to an activating group) is 1. The molecule has 0 unspecified atom stereocenters. The minimum absolute atomic E-state index is 0.0534. The Morgan fingerprint density at radius 1 is 1.32 bits per heavy atom. The van der Waals surface area contributed by atoms with Crippen molar-refractivity contribution in [2.24, 2.45) is 0 Å². The van der Waals surface area contributed by atoms with E-state index in [0.29, 0.717) is 24.3 Å². The minimum atomic E-state index is -0.464. The van der Waals surface area contributed by atoms with Gasteiger partial charge in [0.05, 0.1) is 19.1 Å². The van der Waals surface area contributed by atoms with Crippen LogP contribution in [0.4, 0.5) is 10.1 Å². The Kier molecular flexibility index (Phi) is 6.63. The average Bonchev–Trinajstić information content (AvgIpc) is 2.58. The first-order chi connectivity index (χ1) is 12.0. The van der Waals surface area contributed by atoms with Crippen LogP contribution in [0.15, 0.2) is 42.5 Å². The van der Waals surface area contributed by atoms with Gasteiger partial charge in [0, 0.05) is 29.9 Å². The summed E-state index contributed by atoms with van der Waals surface area (Å²) >= 11 is 0. The van der Waals surface area contributed by atoms with Crippen molar-refractivity contribution < 1.29 is 14.3 Å². The largest absolute Gasteiger partial charge is 0.395 e. The summed E-state index contributed by atoms with van der Waals surface area (Å²) in [4.78, 5) is 14.4. The molecule has 0 aliphatic carbocycles. The SMILES string of the molecule is CN(CCO)Cc1cccc(C(=O)Nc2ccc(F)c(CC#N)c2)c1. The topological polar surface area (TPSA) is 76.4 Å². The second kappa shape index (κ2) is 8.92. The molecule has 130 valence electrons. The van der Waals surface area contributed by atoms with Gasteiger partial charge in [-0.05, 0) is 42.9 Å². The Bertz CT molecular complexity index is 786. The van der Waals surface area contributed by atoms with E-state index >= 15 is 0 Å². The highest BCUT2D eigenvalue weighted by molar-refractivity contribution is 6.04. The minimum Gasteiger partial charge on any atom is -0.395 e. The summed E-state index contributed by atoms with van der Waals surface area (Å²) in [6.45, 7) is 1.24. The number of aliphatic hydroxyl groups excluding tert-OH is 1. The van der Waals surface area contributed by atoms with E-state index in [1.165, 1.54) is 18.2 Å². The number of hydrogen-bond acceptors (Lipinski definition) is 4. The molecule has 2 N–H and O–H groups in total. The van der Waals surface area contributed by atoms with Crippen molar-refractivity contribution in [3.05, 3.63) is 65.0 Å². The summed E-state index contributed by atoms with van der Waals surface area (Å²) in [5.41, 5.74) is 2.13. The lowest BCUT2D eigenvalue weighted by Gasteiger charge is -2.15. The zero-order chi connectivity index (χ0) is 18.2. The molecule has 0 saturated heterocycles. The predicted octanol–water partition coefficient (Wildman–Crippen LogP) is 2.57. The van der Waals surface area contributed by atoms with Crippen LogP contribution in [-0.2, 0) is 13.0 Å². The number of rotatable bonds is 7. The van der Waals surface area contributed by atoms with Crippen molar-refractivity contribution in [1.29, 1.82) is 5.26 Å². The van der Waals surface area contributed by atoms with Crippen LogP contribution in [0.2, 0.25) is 0 Å². The number of hydrogen-bond donors (Lipinski definition) is 2. The average molecular weight is 341 g/mol. The van der Waals surface area contributed by atoms with E-state index in [4.69, 9.17) is 10.4 Å². The maximum absolute atomic E-state index is 13.6. The van der Waals surface area contributed by atoms with E-state index in [2.05, 4.69) is 5.32 Å². The van der Waals surface area contributed by atoms with Crippen LogP contribution >= 0.6 is 0 Å². The number of nitrogens with one attached hydrogen (secondary N) is 1. The summed E-state index contributed by atoms with van der Waals surface area (Å²) in [6, 6.07) is 13.3. The highest BCUT2D eigenvalue weighted by atomic mass is 19.1. The van der Waals surface area contributed by atoms with Crippen LogP contribution in [0.3, 0.4) is 0 Å². The van der Waals surface area contributed by atoms with Crippen LogP contribution in [0.5, 0.6) is 0 Å². The lowest BCUT2D eigenvalue weighted by atomic mass is 10.1. The molecule has 0 atom stereocenters. The number of halogens is 1. The van der Waals surface area contributed by atoms with Gasteiger partial charge < -0.3 is 10.4 Å². The molecule has 0 spiro atoms. The summed E-state index contributed by atoms with van der Waals surface area (Å²) < 4.78 is 13.6.